The Labute approximate surface area is 109 Å². The predicted molar refractivity (Wildman–Crippen MR) is 66.3 cm³/mol. The standard InChI is InChI=1S/C12H15FN2O4/c1-12(2,17)7-14(3)11(16)8-4-9(13)6-10(5-8)15(18)19/h4-6,17H,7H2,1-3H3. The fourth-order valence-corrected chi connectivity index (χ4v) is 1.68. The van der Waals surface area contributed by atoms with Gasteiger partial charge in [-0.05, 0) is 19.9 Å². The maximum absolute atomic E-state index is 13.2. The molecule has 1 N–H and O–H groups in total. The van der Waals surface area contributed by atoms with E-state index in [-0.39, 0.29) is 12.1 Å². The largest absolute Gasteiger partial charge is 0.389 e. The topological polar surface area (TPSA) is 83.7 Å². The third-order valence-corrected chi connectivity index (χ3v) is 2.31. The number of aliphatic hydroxyl groups is 1. The minimum Gasteiger partial charge on any atom is -0.389 e. The number of hydrogen-bond acceptors (Lipinski definition) is 4. The minimum atomic E-state index is -1.11. The fourth-order valence-electron chi connectivity index (χ4n) is 1.68. The Morgan fingerprint density at radius 1 is 1.47 bits per heavy atom. The Hall–Kier alpha value is -2.02. The van der Waals surface area contributed by atoms with Gasteiger partial charge in [0.2, 0.25) is 0 Å². The van der Waals surface area contributed by atoms with Crippen LogP contribution in [0.1, 0.15) is 24.2 Å². The van der Waals surface area contributed by atoms with Crippen LogP contribution in [-0.2, 0) is 0 Å². The van der Waals surface area contributed by atoms with E-state index in [1.165, 1.54) is 25.8 Å². The summed E-state index contributed by atoms with van der Waals surface area (Å²) >= 11 is 0. The highest BCUT2D eigenvalue weighted by molar-refractivity contribution is 5.94. The first kappa shape index (κ1) is 15.0. The lowest BCUT2D eigenvalue weighted by molar-refractivity contribution is -0.385. The van der Waals surface area contributed by atoms with Gasteiger partial charge >= 0.3 is 0 Å². The predicted octanol–water partition coefficient (Wildman–Crippen LogP) is 1.58. The quantitative estimate of drug-likeness (QED) is 0.665. The van der Waals surface area contributed by atoms with Gasteiger partial charge in [-0.25, -0.2) is 4.39 Å². The van der Waals surface area contributed by atoms with E-state index in [0.717, 1.165) is 18.2 Å². The van der Waals surface area contributed by atoms with Crippen LogP contribution in [-0.4, -0.2) is 40.0 Å². The number of carbonyl (C=O) groups is 1. The van der Waals surface area contributed by atoms with Crippen LogP contribution in [0.3, 0.4) is 0 Å². The number of nitro benzene ring substituents is 1. The third kappa shape index (κ3) is 4.29. The van der Waals surface area contributed by atoms with Gasteiger partial charge in [-0.1, -0.05) is 0 Å². The zero-order valence-corrected chi connectivity index (χ0v) is 10.9. The molecule has 19 heavy (non-hydrogen) atoms. The highest BCUT2D eigenvalue weighted by Gasteiger charge is 2.22. The van der Waals surface area contributed by atoms with E-state index in [4.69, 9.17) is 0 Å². The normalized spacial score (nSPS) is 11.2. The molecule has 0 saturated heterocycles. The van der Waals surface area contributed by atoms with Crippen molar-refractivity contribution in [2.45, 2.75) is 19.4 Å². The molecule has 1 amide bonds. The van der Waals surface area contributed by atoms with Crippen LogP contribution in [0.5, 0.6) is 0 Å². The summed E-state index contributed by atoms with van der Waals surface area (Å²) in [5.74, 6) is -1.45. The molecule has 1 aromatic carbocycles. The van der Waals surface area contributed by atoms with E-state index < -0.39 is 27.9 Å². The molecule has 0 unspecified atom stereocenters. The summed E-state index contributed by atoms with van der Waals surface area (Å²) in [5.41, 5.74) is -1.72. The summed E-state index contributed by atoms with van der Waals surface area (Å²) < 4.78 is 13.2. The van der Waals surface area contributed by atoms with Crippen molar-refractivity contribution in [3.63, 3.8) is 0 Å². The lowest BCUT2D eigenvalue weighted by atomic mass is 10.1. The molecule has 104 valence electrons. The van der Waals surface area contributed by atoms with Crippen molar-refractivity contribution in [3.8, 4) is 0 Å². The maximum Gasteiger partial charge on any atom is 0.273 e. The second-order valence-electron chi connectivity index (χ2n) is 4.93. The number of likely N-dealkylation sites (N-methyl/N-ethyl adjacent to an activating group) is 1. The van der Waals surface area contributed by atoms with Crippen molar-refractivity contribution < 1.29 is 19.2 Å². The van der Waals surface area contributed by atoms with Gasteiger partial charge in [0.1, 0.15) is 5.82 Å². The van der Waals surface area contributed by atoms with E-state index >= 15 is 0 Å². The number of amides is 1. The molecule has 0 heterocycles. The maximum atomic E-state index is 13.2. The lowest BCUT2D eigenvalue weighted by Crippen LogP contribution is -2.39. The van der Waals surface area contributed by atoms with Crippen LogP contribution in [0.25, 0.3) is 0 Å². The van der Waals surface area contributed by atoms with Crippen LogP contribution in [0.4, 0.5) is 10.1 Å². The van der Waals surface area contributed by atoms with E-state index in [2.05, 4.69) is 0 Å². The lowest BCUT2D eigenvalue weighted by Gasteiger charge is -2.25. The highest BCUT2D eigenvalue weighted by atomic mass is 19.1. The molecule has 0 aliphatic heterocycles. The smallest absolute Gasteiger partial charge is 0.273 e. The van der Waals surface area contributed by atoms with Crippen molar-refractivity contribution in [2.24, 2.45) is 0 Å². The Bertz CT molecular complexity index is 511. The van der Waals surface area contributed by atoms with Gasteiger partial charge in [0, 0.05) is 25.2 Å². The summed E-state index contributed by atoms with van der Waals surface area (Å²) in [6.07, 6.45) is 0. The van der Waals surface area contributed by atoms with Gasteiger partial charge in [0.25, 0.3) is 11.6 Å². The zero-order chi connectivity index (χ0) is 14.8. The molecule has 1 rings (SSSR count). The molecule has 0 saturated carbocycles. The summed E-state index contributed by atoms with van der Waals surface area (Å²) in [7, 11) is 1.43. The Balaban J connectivity index is 3.03. The zero-order valence-electron chi connectivity index (χ0n) is 10.9. The van der Waals surface area contributed by atoms with Crippen molar-refractivity contribution in [1.29, 1.82) is 0 Å². The van der Waals surface area contributed by atoms with Crippen LogP contribution >= 0.6 is 0 Å². The molecule has 1 aromatic rings. The van der Waals surface area contributed by atoms with Crippen molar-refractivity contribution >= 4 is 11.6 Å². The molecule has 0 spiro atoms. The van der Waals surface area contributed by atoms with Crippen molar-refractivity contribution in [3.05, 3.63) is 39.7 Å². The number of benzene rings is 1. The van der Waals surface area contributed by atoms with Gasteiger partial charge < -0.3 is 10.0 Å². The van der Waals surface area contributed by atoms with Gasteiger partial charge in [-0.15, -0.1) is 0 Å². The first-order valence-corrected chi connectivity index (χ1v) is 5.53. The Morgan fingerprint density at radius 3 is 2.53 bits per heavy atom. The molecular weight excluding hydrogens is 255 g/mol. The highest BCUT2D eigenvalue weighted by Crippen LogP contribution is 2.18. The van der Waals surface area contributed by atoms with Crippen LogP contribution in [0, 0.1) is 15.9 Å². The average molecular weight is 270 g/mol. The second kappa shape index (κ2) is 5.31. The molecular formula is C12H15FN2O4. The van der Waals surface area contributed by atoms with Crippen LogP contribution in [0.15, 0.2) is 18.2 Å². The Kier molecular flexibility index (Phi) is 4.21. The fraction of sp³-hybridized carbons (Fsp3) is 0.417. The molecule has 0 bridgehead atoms. The molecule has 0 aliphatic carbocycles. The number of hydrogen-bond donors (Lipinski definition) is 1. The monoisotopic (exact) mass is 270 g/mol. The average Bonchev–Trinajstić information content (AvgIpc) is 2.24. The van der Waals surface area contributed by atoms with E-state index in [1.807, 2.05) is 0 Å². The first-order chi connectivity index (χ1) is 8.60. The van der Waals surface area contributed by atoms with Gasteiger partial charge in [0.05, 0.1) is 16.6 Å². The molecule has 6 nitrogen and oxygen atoms in total. The number of nitrogens with zero attached hydrogens (tertiary/aromatic N) is 2. The van der Waals surface area contributed by atoms with E-state index in [0.29, 0.717) is 0 Å². The van der Waals surface area contributed by atoms with Crippen LogP contribution < -0.4 is 0 Å². The van der Waals surface area contributed by atoms with Gasteiger partial charge in [-0.3, -0.25) is 14.9 Å². The molecule has 0 atom stereocenters. The number of non-ortho nitro benzene ring substituents is 1. The van der Waals surface area contributed by atoms with Gasteiger partial charge in [-0.2, -0.15) is 0 Å². The summed E-state index contributed by atoms with van der Waals surface area (Å²) in [5, 5.41) is 20.2. The first-order valence-electron chi connectivity index (χ1n) is 5.53. The van der Waals surface area contributed by atoms with Crippen LogP contribution in [0.2, 0.25) is 0 Å². The summed E-state index contributed by atoms with van der Waals surface area (Å²) in [6.45, 7) is 3.06. The molecule has 0 aromatic heterocycles. The summed E-state index contributed by atoms with van der Waals surface area (Å²) in [6, 6.07) is 2.68. The molecule has 0 fully saturated rings. The second-order valence-corrected chi connectivity index (χ2v) is 4.93. The number of nitro groups is 1. The summed E-state index contributed by atoms with van der Waals surface area (Å²) in [4.78, 5) is 23.0. The number of rotatable bonds is 4. The molecule has 7 heteroatoms. The number of halogens is 1. The van der Waals surface area contributed by atoms with E-state index in [9.17, 15) is 24.4 Å². The molecule has 0 aliphatic rings. The van der Waals surface area contributed by atoms with Crippen molar-refractivity contribution in [1.82, 2.24) is 4.90 Å². The minimum absolute atomic E-state index is 0.0240. The SMILES string of the molecule is CN(CC(C)(C)O)C(=O)c1cc(F)cc([N+](=O)[O-])c1. The van der Waals surface area contributed by atoms with E-state index in [1.54, 1.807) is 0 Å². The Morgan fingerprint density at radius 2 is 2.05 bits per heavy atom. The van der Waals surface area contributed by atoms with Gasteiger partial charge in [0.15, 0.2) is 0 Å². The molecule has 0 radical (unpaired) electrons. The number of carbonyl (C=O) groups excluding carboxylic acids is 1. The van der Waals surface area contributed by atoms with Crippen molar-refractivity contribution in [2.75, 3.05) is 13.6 Å². The third-order valence-electron chi connectivity index (χ3n) is 2.31.